The molecule has 2 amide bonds. The van der Waals surface area contributed by atoms with E-state index in [0.29, 0.717) is 0 Å². The molecule has 14 heteroatoms. The maximum atomic E-state index is 15.6. The Morgan fingerprint density at radius 3 is 2.42 bits per heavy atom. The summed E-state index contributed by atoms with van der Waals surface area (Å²) in [5.41, 5.74) is 8.62. The SMILES string of the molecule is COc1cc(F)c(-c2nc([C@@](O)(CNC(=O)c3cc(/C=N/C4(F)CC4)c(N)c(OC)c3)c3ccccc3)cc3c2OC[C@]3(C)C(N)=O)cc1F. The van der Waals surface area contributed by atoms with E-state index in [4.69, 9.17) is 25.7 Å². The maximum Gasteiger partial charge on any atom is 0.251 e. The van der Waals surface area contributed by atoms with E-state index in [2.05, 4.69) is 15.3 Å². The van der Waals surface area contributed by atoms with Crippen molar-refractivity contribution in [3.8, 4) is 28.5 Å². The lowest BCUT2D eigenvalue weighted by atomic mass is 9.80. The zero-order valence-electron chi connectivity index (χ0n) is 27.4. The normalized spacial score (nSPS) is 18.5. The number of hydrogen-bond acceptors (Lipinski definition) is 9. The van der Waals surface area contributed by atoms with Gasteiger partial charge in [0.25, 0.3) is 5.91 Å². The minimum atomic E-state index is -2.13. The van der Waals surface area contributed by atoms with E-state index >= 15 is 4.39 Å². The van der Waals surface area contributed by atoms with Gasteiger partial charge in [0, 0.05) is 47.4 Å². The van der Waals surface area contributed by atoms with E-state index in [1.807, 2.05) is 0 Å². The number of alkyl halides is 1. The number of nitrogens with zero attached hydrogens (tertiary/aromatic N) is 2. The highest BCUT2D eigenvalue weighted by atomic mass is 19.2. The topological polar surface area (TPSA) is 171 Å². The smallest absolute Gasteiger partial charge is 0.251 e. The fourth-order valence-electron chi connectivity index (χ4n) is 5.69. The first-order valence-electron chi connectivity index (χ1n) is 15.5. The van der Waals surface area contributed by atoms with Gasteiger partial charge in [0.2, 0.25) is 5.91 Å². The lowest BCUT2D eigenvalue weighted by molar-refractivity contribution is -0.123. The minimum Gasteiger partial charge on any atom is -0.495 e. The number of aliphatic imine (C=N–C) groups is 1. The van der Waals surface area contributed by atoms with Crippen molar-refractivity contribution in [1.29, 1.82) is 0 Å². The van der Waals surface area contributed by atoms with Gasteiger partial charge in [-0.25, -0.2) is 18.2 Å². The van der Waals surface area contributed by atoms with Gasteiger partial charge in [-0.1, -0.05) is 30.3 Å². The molecule has 50 heavy (non-hydrogen) atoms. The van der Waals surface area contributed by atoms with Gasteiger partial charge in [0.05, 0.1) is 32.1 Å². The number of ether oxygens (including phenoxy) is 3. The Hall–Kier alpha value is -5.63. The lowest BCUT2D eigenvalue weighted by Crippen LogP contribution is -2.43. The fraction of sp³-hybridized carbons (Fsp3) is 0.278. The number of carbonyl (C=O) groups excluding carboxylic acids is 2. The molecule has 260 valence electrons. The van der Waals surface area contributed by atoms with Gasteiger partial charge >= 0.3 is 0 Å². The number of halogens is 3. The molecule has 0 bridgehead atoms. The van der Waals surface area contributed by atoms with Crippen LogP contribution in [0.5, 0.6) is 17.2 Å². The van der Waals surface area contributed by atoms with Crippen molar-refractivity contribution in [2.75, 3.05) is 33.1 Å². The quantitative estimate of drug-likeness (QED) is 0.103. The molecular weight excluding hydrogens is 655 g/mol. The zero-order chi connectivity index (χ0) is 36.0. The number of nitrogens with one attached hydrogen (secondary N) is 1. The monoisotopic (exact) mass is 689 g/mol. The summed E-state index contributed by atoms with van der Waals surface area (Å²) >= 11 is 0. The highest BCUT2D eigenvalue weighted by Crippen LogP contribution is 2.47. The lowest BCUT2D eigenvalue weighted by Gasteiger charge is -2.30. The van der Waals surface area contributed by atoms with Crippen LogP contribution in [0.4, 0.5) is 18.9 Å². The molecule has 1 aliphatic carbocycles. The number of primary amides is 1. The second-order valence-electron chi connectivity index (χ2n) is 12.5. The van der Waals surface area contributed by atoms with Crippen LogP contribution in [0.1, 0.15) is 52.5 Å². The summed E-state index contributed by atoms with van der Waals surface area (Å²) in [6.07, 6.45) is 1.81. The third-order valence-electron chi connectivity index (χ3n) is 9.05. The summed E-state index contributed by atoms with van der Waals surface area (Å²) in [6.45, 7) is 0.787. The molecule has 0 saturated heterocycles. The third-order valence-corrected chi connectivity index (χ3v) is 9.05. The second kappa shape index (κ2) is 12.7. The molecule has 0 radical (unpaired) electrons. The van der Waals surface area contributed by atoms with E-state index in [1.165, 1.54) is 45.6 Å². The number of carbonyl (C=O) groups is 2. The summed E-state index contributed by atoms with van der Waals surface area (Å²) < 4.78 is 60.9. The number of amides is 2. The first-order valence-corrected chi connectivity index (χ1v) is 15.5. The number of hydrogen-bond donors (Lipinski definition) is 4. The van der Waals surface area contributed by atoms with Crippen molar-refractivity contribution in [3.05, 3.63) is 100 Å². The van der Waals surface area contributed by atoms with Gasteiger partial charge in [-0.05, 0) is 36.8 Å². The van der Waals surface area contributed by atoms with Crippen LogP contribution in [0, 0.1) is 11.6 Å². The summed E-state index contributed by atoms with van der Waals surface area (Å²) in [4.78, 5) is 34.9. The molecule has 4 aromatic rings. The van der Waals surface area contributed by atoms with Gasteiger partial charge < -0.3 is 36.1 Å². The second-order valence-corrected chi connectivity index (χ2v) is 12.5. The van der Waals surface area contributed by atoms with E-state index < -0.39 is 46.8 Å². The fourth-order valence-corrected chi connectivity index (χ4v) is 5.69. The molecule has 3 aromatic carbocycles. The van der Waals surface area contributed by atoms with Crippen molar-refractivity contribution in [2.45, 2.75) is 36.6 Å². The predicted octanol–water partition coefficient (Wildman–Crippen LogP) is 4.31. The number of nitrogens with two attached hydrogens (primary N) is 2. The number of pyridine rings is 1. The Morgan fingerprint density at radius 2 is 1.78 bits per heavy atom. The number of aliphatic hydroxyl groups is 1. The Kier molecular flexibility index (Phi) is 8.68. The van der Waals surface area contributed by atoms with Crippen LogP contribution < -0.4 is 31.0 Å². The van der Waals surface area contributed by atoms with Crippen LogP contribution in [0.2, 0.25) is 0 Å². The third kappa shape index (κ3) is 6.06. The number of fused-ring (bicyclic) bond motifs is 1. The summed E-state index contributed by atoms with van der Waals surface area (Å²) in [5, 5.41) is 15.2. The summed E-state index contributed by atoms with van der Waals surface area (Å²) in [5.74, 6) is -5.16. The highest BCUT2D eigenvalue weighted by molar-refractivity contribution is 5.99. The van der Waals surface area contributed by atoms with Gasteiger partial charge in [0.1, 0.15) is 40.6 Å². The van der Waals surface area contributed by atoms with E-state index in [0.717, 1.165) is 12.1 Å². The van der Waals surface area contributed by atoms with Crippen molar-refractivity contribution >= 4 is 23.7 Å². The van der Waals surface area contributed by atoms with Crippen molar-refractivity contribution in [3.63, 3.8) is 0 Å². The highest BCUT2D eigenvalue weighted by Gasteiger charge is 2.46. The Labute approximate surface area is 285 Å². The van der Waals surface area contributed by atoms with Gasteiger partial charge in [-0.2, -0.15) is 0 Å². The average Bonchev–Trinajstić information content (AvgIpc) is 3.75. The largest absolute Gasteiger partial charge is 0.495 e. The van der Waals surface area contributed by atoms with Crippen molar-refractivity contribution in [2.24, 2.45) is 10.7 Å². The van der Waals surface area contributed by atoms with E-state index in [9.17, 15) is 23.5 Å². The molecule has 1 aliphatic heterocycles. The molecule has 0 unspecified atom stereocenters. The van der Waals surface area contributed by atoms with Crippen molar-refractivity contribution < 1.29 is 42.1 Å². The van der Waals surface area contributed by atoms with Gasteiger partial charge in [0.15, 0.2) is 17.4 Å². The first kappa shape index (κ1) is 34.2. The number of aromatic nitrogens is 1. The van der Waals surface area contributed by atoms with Gasteiger partial charge in [-0.15, -0.1) is 0 Å². The average molecular weight is 690 g/mol. The van der Waals surface area contributed by atoms with Crippen LogP contribution in [-0.2, 0) is 15.8 Å². The molecule has 6 rings (SSSR count). The molecular formula is C36H34F3N5O6. The number of rotatable bonds is 11. The van der Waals surface area contributed by atoms with Crippen molar-refractivity contribution in [1.82, 2.24) is 10.3 Å². The van der Waals surface area contributed by atoms with Gasteiger partial charge in [-0.3, -0.25) is 14.6 Å². The van der Waals surface area contributed by atoms with Crippen LogP contribution in [0.15, 0.2) is 65.7 Å². The summed E-state index contributed by atoms with van der Waals surface area (Å²) in [6, 6.07) is 14.1. The molecule has 1 fully saturated rings. The minimum absolute atomic E-state index is 0.0256. The zero-order valence-corrected chi connectivity index (χ0v) is 27.4. The number of methoxy groups -OCH3 is 2. The Morgan fingerprint density at radius 1 is 1.08 bits per heavy atom. The predicted molar refractivity (Wildman–Crippen MR) is 178 cm³/mol. The molecule has 1 aromatic heterocycles. The van der Waals surface area contributed by atoms with Crippen LogP contribution >= 0.6 is 0 Å². The maximum absolute atomic E-state index is 15.6. The number of benzene rings is 3. The van der Waals surface area contributed by atoms with Crippen LogP contribution in [-0.4, -0.2) is 61.3 Å². The molecule has 11 nitrogen and oxygen atoms in total. The molecule has 0 spiro atoms. The van der Waals surface area contributed by atoms with Crippen LogP contribution in [0.3, 0.4) is 0 Å². The molecule has 2 aliphatic rings. The number of anilines is 1. The Bertz CT molecular complexity index is 2040. The molecule has 2 atom stereocenters. The first-order chi connectivity index (χ1) is 23.7. The molecule has 2 heterocycles. The van der Waals surface area contributed by atoms with Crippen LogP contribution in [0.25, 0.3) is 11.3 Å². The number of nitrogen functional groups attached to an aromatic ring is 1. The molecule has 6 N–H and O–H groups in total. The standard InChI is InChI=1S/C36H34F3N5O6/c1-34(33(41)46)18-50-31-23(34)14-28(44-30(31)22-13-25(38)26(48-2)15-24(22)37)36(47,21-7-5-4-6-8-21)17-42-32(45)19-11-20(16-43-35(39)9-10-35)29(40)27(12-19)49-3/h4-8,11-16,47H,9-10,17-18,40H2,1-3H3,(H2,41,46)(H,42,45)/b43-16+/t34-,36+/m0/s1. The van der Waals surface area contributed by atoms with E-state index in [-0.39, 0.29) is 81.6 Å². The molecule has 1 saturated carbocycles. The Balaban J connectivity index is 1.46. The van der Waals surface area contributed by atoms with E-state index in [1.54, 1.807) is 30.3 Å². The summed E-state index contributed by atoms with van der Waals surface area (Å²) in [7, 11) is 2.55.